The van der Waals surface area contributed by atoms with Gasteiger partial charge in [-0.3, -0.25) is 10.5 Å². The summed E-state index contributed by atoms with van der Waals surface area (Å²) in [4.78, 5) is 13.0. The molecule has 3 nitrogen and oxygen atoms in total. The number of alkyl halides is 1. The van der Waals surface area contributed by atoms with E-state index in [-0.39, 0.29) is 34.9 Å². The van der Waals surface area contributed by atoms with Gasteiger partial charge in [0.15, 0.2) is 5.79 Å². The molecule has 0 aliphatic heterocycles. The number of aliphatic hydroxyl groups excluding tert-OH is 1. The molecule has 0 radical (unpaired) electrons. The number of hydrogen-bond acceptors (Lipinski definition) is 3. The maximum atomic E-state index is 14.9. The van der Waals surface area contributed by atoms with Crippen LogP contribution in [0.25, 0.3) is 0 Å². The zero-order valence-electron chi connectivity index (χ0n) is 14.1. The van der Waals surface area contributed by atoms with Crippen LogP contribution in [0.1, 0.15) is 52.4 Å². The van der Waals surface area contributed by atoms with Gasteiger partial charge in [-0.05, 0) is 55.3 Å². The Balaban J connectivity index is 1.74. The topological polar surface area (TPSA) is 63.3 Å². The predicted octanol–water partition coefficient (Wildman–Crippen LogP) is 2.97. The number of aliphatic hydroxyl groups is 1. The summed E-state index contributed by atoms with van der Waals surface area (Å²) in [6.07, 6.45) is 7.54. The van der Waals surface area contributed by atoms with Gasteiger partial charge in [0, 0.05) is 17.8 Å². The Kier molecular flexibility index (Phi) is 3.20. The van der Waals surface area contributed by atoms with Crippen molar-refractivity contribution in [1.29, 1.82) is 0 Å². The molecule has 3 fully saturated rings. The minimum Gasteiger partial charge on any atom is -0.389 e. The standard InChI is InChI=1S/C19H28FNO2/c1-17-6-3-12(22)9-11(17)10-15(23)16-13(17)4-7-18(2)14(16)5-8-19(18,20)21/h3,6,11-14,16,22H,4-5,7-10,21H2,1-2H3/t11?,12?,13-,14+,16-,17+,18+,19?/m1/s1. The Morgan fingerprint density at radius 3 is 2.70 bits per heavy atom. The molecule has 128 valence electrons. The molecule has 0 amide bonds. The van der Waals surface area contributed by atoms with Gasteiger partial charge in [-0.15, -0.1) is 0 Å². The summed E-state index contributed by atoms with van der Waals surface area (Å²) in [5, 5.41) is 9.94. The lowest BCUT2D eigenvalue weighted by Gasteiger charge is -2.58. The second-order valence-corrected chi connectivity index (χ2v) is 8.99. The van der Waals surface area contributed by atoms with E-state index in [2.05, 4.69) is 13.0 Å². The van der Waals surface area contributed by atoms with Gasteiger partial charge in [0.05, 0.1) is 6.10 Å². The normalized spacial score (nSPS) is 58.5. The van der Waals surface area contributed by atoms with Crippen LogP contribution in [-0.2, 0) is 4.79 Å². The summed E-state index contributed by atoms with van der Waals surface area (Å²) in [7, 11) is 0. The van der Waals surface area contributed by atoms with E-state index >= 15 is 0 Å². The number of halogens is 1. The van der Waals surface area contributed by atoms with Crippen LogP contribution in [0.15, 0.2) is 12.2 Å². The molecular formula is C19H28FNO2. The van der Waals surface area contributed by atoms with Crippen molar-refractivity contribution in [1.82, 2.24) is 0 Å². The molecule has 0 spiro atoms. The minimum atomic E-state index is -1.64. The maximum absolute atomic E-state index is 14.9. The quantitative estimate of drug-likeness (QED) is 0.532. The first kappa shape index (κ1) is 15.8. The zero-order chi connectivity index (χ0) is 16.6. The van der Waals surface area contributed by atoms with Gasteiger partial charge in [-0.2, -0.15) is 0 Å². The molecule has 0 aromatic carbocycles. The molecule has 3 N–H and O–H groups in total. The molecule has 3 saturated carbocycles. The molecule has 4 rings (SSSR count). The SMILES string of the molecule is C[C@]12C=CC(O)CC1CC(=O)[C@@H]1[C@H]2CC[C@@]2(C)[C@H]1CCC2(N)F. The van der Waals surface area contributed by atoms with Crippen molar-refractivity contribution in [3.8, 4) is 0 Å². The average Bonchev–Trinajstić information content (AvgIpc) is 2.72. The Hall–Kier alpha value is -0.740. The highest BCUT2D eigenvalue weighted by atomic mass is 19.1. The first-order valence-corrected chi connectivity index (χ1v) is 9.07. The number of ketones is 1. The second kappa shape index (κ2) is 4.66. The summed E-state index contributed by atoms with van der Waals surface area (Å²) in [5.74, 6) is -0.856. The smallest absolute Gasteiger partial charge is 0.164 e. The second-order valence-electron chi connectivity index (χ2n) is 8.99. The van der Waals surface area contributed by atoms with Crippen molar-refractivity contribution in [3.63, 3.8) is 0 Å². The van der Waals surface area contributed by atoms with Gasteiger partial charge in [0.2, 0.25) is 0 Å². The lowest BCUT2D eigenvalue weighted by Crippen LogP contribution is -2.59. The largest absolute Gasteiger partial charge is 0.389 e. The monoisotopic (exact) mass is 321 g/mol. The summed E-state index contributed by atoms with van der Waals surface area (Å²) in [5.41, 5.74) is 5.38. The molecule has 0 saturated heterocycles. The Morgan fingerprint density at radius 1 is 1.26 bits per heavy atom. The van der Waals surface area contributed by atoms with Crippen LogP contribution in [0.3, 0.4) is 0 Å². The molecule has 0 aromatic heterocycles. The van der Waals surface area contributed by atoms with Crippen LogP contribution in [0.2, 0.25) is 0 Å². The van der Waals surface area contributed by atoms with Crippen molar-refractivity contribution in [2.45, 2.75) is 64.3 Å². The number of fused-ring (bicyclic) bond motifs is 5. The predicted molar refractivity (Wildman–Crippen MR) is 86.1 cm³/mol. The van der Waals surface area contributed by atoms with Crippen LogP contribution in [0.5, 0.6) is 0 Å². The third-order valence-electron chi connectivity index (χ3n) is 8.13. The molecule has 3 unspecified atom stereocenters. The lowest BCUT2D eigenvalue weighted by molar-refractivity contribution is -0.153. The fraction of sp³-hybridized carbons (Fsp3) is 0.842. The Labute approximate surface area is 137 Å². The van der Waals surface area contributed by atoms with Gasteiger partial charge < -0.3 is 5.11 Å². The molecule has 4 heteroatoms. The molecule has 0 heterocycles. The Bertz CT molecular complexity index is 574. The fourth-order valence-corrected chi connectivity index (χ4v) is 6.50. The molecule has 8 atom stereocenters. The first-order chi connectivity index (χ1) is 10.7. The molecule has 0 aromatic rings. The number of allylic oxidation sites excluding steroid dienone is 1. The van der Waals surface area contributed by atoms with Crippen molar-refractivity contribution in [3.05, 3.63) is 12.2 Å². The molecule has 4 aliphatic rings. The van der Waals surface area contributed by atoms with Crippen molar-refractivity contribution in [2.24, 2.45) is 40.2 Å². The summed E-state index contributed by atoms with van der Waals surface area (Å²) < 4.78 is 14.9. The van der Waals surface area contributed by atoms with Crippen molar-refractivity contribution >= 4 is 5.78 Å². The molecular weight excluding hydrogens is 293 g/mol. The number of carbonyl (C=O) groups is 1. The lowest BCUT2D eigenvalue weighted by atomic mass is 9.45. The summed E-state index contributed by atoms with van der Waals surface area (Å²) in [6.45, 7) is 4.20. The number of Topliss-reactive ketones (excluding diaryl/α,β-unsaturated/α-hetero) is 1. The fourth-order valence-electron chi connectivity index (χ4n) is 6.50. The van der Waals surface area contributed by atoms with Crippen LogP contribution in [-0.4, -0.2) is 22.8 Å². The van der Waals surface area contributed by atoms with E-state index in [0.717, 1.165) is 19.3 Å². The van der Waals surface area contributed by atoms with Crippen LogP contribution in [0.4, 0.5) is 4.39 Å². The third-order valence-corrected chi connectivity index (χ3v) is 8.13. The van der Waals surface area contributed by atoms with Crippen LogP contribution < -0.4 is 5.73 Å². The third kappa shape index (κ3) is 1.91. The number of rotatable bonds is 0. The highest BCUT2D eigenvalue weighted by molar-refractivity contribution is 5.83. The molecule has 23 heavy (non-hydrogen) atoms. The number of nitrogens with two attached hydrogens (primary N) is 1. The highest BCUT2D eigenvalue weighted by Crippen LogP contribution is 2.66. The van der Waals surface area contributed by atoms with Crippen LogP contribution in [0, 0.1) is 34.5 Å². The van der Waals surface area contributed by atoms with Crippen molar-refractivity contribution in [2.75, 3.05) is 0 Å². The van der Waals surface area contributed by atoms with Gasteiger partial charge >= 0.3 is 0 Å². The van der Waals surface area contributed by atoms with E-state index in [1.807, 2.05) is 13.0 Å². The van der Waals surface area contributed by atoms with Crippen LogP contribution >= 0.6 is 0 Å². The van der Waals surface area contributed by atoms with E-state index in [0.29, 0.717) is 19.3 Å². The van der Waals surface area contributed by atoms with E-state index < -0.39 is 17.3 Å². The summed E-state index contributed by atoms with van der Waals surface area (Å²) in [6, 6.07) is 0. The van der Waals surface area contributed by atoms with E-state index in [1.165, 1.54) is 0 Å². The highest BCUT2D eigenvalue weighted by Gasteiger charge is 2.66. The molecule has 0 bridgehead atoms. The average molecular weight is 321 g/mol. The van der Waals surface area contributed by atoms with Gasteiger partial charge in [-0.25, -0.2) is 4.39 Å². The number of hydrogen-bond donors (Lipinski definition) is 2. The summed E-state index contributed by atoms with van der Waals surface area (Å²) >= 11 is 0. The van der Waals surface area contributed by atoms with E-state index in [1.54, 1.807) is 0 Å². The maximum Gasteiger partial charge on any atom is 0.164 e. The van der Waals surface area contributed by atoms with Gasteiger partial charge in [-0.1, -0.05) is 26.0 Å². The first-order valence-electron chi connectivity index (χ1n) is 9.07. The van der Waals surface area contributed by atoms with E-state index in [9.17, 15) is 14.3 Å². The van der Waals surface area contributed by atoms with Gasteiger partial charge in [0.25, 0.3) is 0 Å². The number of carbonyl (C=O) groups excluding carboxylic acids is 1. The Morgan fingerprint density at radius 2 is 1.96 bits per heavy atom. The van der Waals surface area contributed by atoms with E-state index in [4.69, 9.17) is 5.73 Å². The van der Waals surface area contributed by atoms with Gasteiger partial charge in [0.1, 0.15) is 5.78 Å². The van der Waals surface area contributed by atoms with Crippen molar-refractivity contribution < 1.29 is 14.3 Å². The zero-order valence-corrected chi connectivity index (χ0v) is 14.1. The molecule has 4 aliphatic carbocycles. The minimum absolute atomic E-state index is 0.0463.